The molecule has 3 heteroatoms. The summed E-state index contributed by atoms with van der Waals surface area (Å²) in [4.78, 5) is 15.1. The first-order valence-electron chi connectivity index (χ1n) is 5.31. The first-order valence-corrected chi connectivity index (χ1v) is 5.31. The van der Waals surface area contributed by atoms with Gasteiger partial charge in [-0.2, -0.15) is 0 Å². The van der Waals surface area contributed by atoms with Crippen LogP contribution in [0.25, 0.3) is 11.1 Å². The van der Waals surface area contributed by atoms with E-state index in [2.05, 4.69) is 4.98 Å². The van der Waals surface area contributed by atoms with Crippen LogP contribution in [0.2, 0.25) is 0 Å². The molecule has 0 spiro atoms. The maximum Gasteiger partial charge on any atom is 0.162 e. The van der Waals surface area contributed by atoms with Gasteiger partial charge in [0.1, 0.15) is 5.82 Å². The van der Waals surface area contributed by atoms with Crippen molar-refractivity contribution in [3.8, 4) is 11.1 Å². The minimum absolute atomic E-state index is 0.121. The SMILES string of the molecule is CC(=O)c1ccc(-c2cnccc2C)cc1F. The van der Waals surface area contributed by atoms with Gasteiger partial charge in [0, 0.05) is 18.0 Å². The maximum atomic E-state index is 13.7. The van der Waals surface area contributed by atoms with Crippen LogP contribution in [0.4, 0.5) is 4.39 Å². The Morgan fingerprint density at radius 2 is 2.06 bits per heavy atom. The lowest BCUT2D eigenvalue weighted by molar-refractivity contribution is 0.101. The molecule has 0 unspecified atom stereocenters. The fraction of sp³-hybridized carbons (Fsp3) is 0.143. The Bertz CT molecular complexity index is 578. The zero-order chi connectivity index (χ0) is 12.4. The highest BCUT2D eigenvalue weighted by Crippen LogP contribution is 2.24. The van der Waals surface area contributed by atoms with E-state index < -0.39 is 5.82 Å². The summed E-state index contributed by atoms with van der Waals surface area (Å²) >= 11 is 0. The monoisotopic (exact) mass is 229 g/mol. The molecular weight excluding hydrogens is 217 g/mol. The highest BCUT2D eigenvalue weighted by Gasteiger charge is 2.09. The predicted octanol–water partition coefficient (Wildman–Crippen LogP) is 3.40. The summed E-state index contributed by atoms with van der Waals surface area (Å²) in [5, 5.41) is 0. The number of rotatable bonds is 2. The largest absolute Gasteiger partial charge is 0.294 e. The van der Waals surface area contributed by atoms with Gasteiger partial charge in [-0.1, -0.05) is 6.07 Å². The molecule has 2 nitrogen and oxygen atoms in total. The number of nitrogens with zero attached hydrogens (tertiary/aromatic N) is 1. The van der Waals surface area contributed by atoms with Crippen LogP contribution in [-0.2, 0) is 0 Å². The van der Waals surface area contributed by atoms with E-state index >= 15 is 0 Å². The van der Waals surface area contributed by atoms with Gasteiger partial charge in [-0.3, -0.25) is 9.78 Å². The third kappa shape index (κ3) is 2.23. The van der Waals surface area contributed by atoms with Crippen molar-refractivity contribution < 1.29 is 9.18 Å². The lowest BCUT2D eigenvalue weighted by Crippen LogP contribution is -1.97. The molecule has 2 rings (SSSR count). The van der Waals surface area contributed by atoms with Gasteiger partial charge in [-0.25, -0.2) is 4.39 Å². The van der Waals surface area contributed by atoms with Gasteiger partial charge in [0.25, 0.3) is 0 Å². The van der Waals surface area contributed by atoms with Crippen molar-refractivity contribution >= 4 is 5.78 Å². The topological polar surface area (TPSA) is 30.0 Å². The average Bonchev–Trinajstić information content (AvgIpc) is 2.29. The third-order valence-corrected chi connectivity index (χ3v) is 2.70. The van der Waals surface area contributed by atoms with Crippen molar-refractivity contribution in [2.24, 2.45) is 0 Å². The van der Waals surface area contributed by atoms with Crippen LogP contribution in [0.3, 0.4) is 0 Å². The molecule has 0 atom stereocenters. The Hall–Kier alpha value is -2.03. The lowest BCUT2D eigenvalue weighted by atomic mass is 10.0. The quantitative estimate of drug-likeness (QED) is 0.739. The number of ketones is 1. The molecule has 0 bridgehead atoms. The molecule has 0 saturated carbocycles. The van der Waals surface area contributed by atoms with E-state index in [9.17, 15) is 9.18 Å². The first-order chi connectivity index (χ1) is 8.09. The van der Waals surface area contributed by atoms with E-state index in [0.29, 0.717) is 0 Å². The first kappa shape index (κ1) is 11.5. The summed E-state index contributed by atoms with van der Waals surface area (Å²) in [6, 6.07) is 6.50. The highest BCUT2D eigenvalue weighted by molar-refractivity contribution is 5.94. The summed E-state index contributed by atoms with van der Waals surface area (Å²) in [6.45, 7) is 3.29. The maximum absolute atomic E-state index is 13.7. The van der Waals surface area contributed by atoms with Gasteiger partial charge in [0.2, 0.25) is 0 Å². The Labute approximate surface area is 99.1 Å². The van der Waals surface area contributed by atoms with Crippen molar-refractivity contribution in [1.82, 2.24) is 4.98 Å². The predicted molar refractivity (Wildman–Crippen MR) is 64.4 cm³/mol. The Morgan fingerprint density at radius 1 is 1.29 bits per heavy atom. The summed E-state index contributed by atoms with van der Waals surface area (Å²) in [6.07, 6.45) is 3.39. The second-order valence-electron chi connectivity index (χ2n) is 3.94. The molecule has 86 valence electrons. The molecule has 1 aromatic heterocycles. The Balaban J connectivity index is 2.52. The van der Waals surface area contributed by atoms with Crippen LogP contribution in [0.15, 0.2) is 36.7 Å². The van der Waals surface area contributed by atoms with Gasteiger partial charge in [0.05, 0.1) is 5.56 Å². The molecule has 0 radical (unpaired) electrons. The molecule has 0 saturated heterocycles. The third-order valence-electron chi connectivity index (χ3n) is 2.70. The summed E-state index contributed by atoms with van der Waals surface area (Å²) < 4.78 is 13.7. The van der Waals surface area contributed by atoms with Crippen molar-refractivity contribution in [1.29, 1.82) is 0 Å². The van der Waals surface area contributed by atoms with Gasteiger partial charge >= 0.3 is 0 Å². The molecule has 0 aliphatic carbocycles. The van der Waals surface area contributed by atoms with E-state index in [0.717, 1.165) is 16.7 Å². The number of aromatic nitrogens is 1. The fourth-order valence-corrected chi connectivity index (χ4v) is 1.73. The van der Waals surface area contributed by atoms with Crippen molar-refractivity contribution in [2.75, 3.05) is 0 Å². The number of aryl methyl sites for hydroxylation is 1. The van der Waals surface area contributed by atoms with Crippen LogP contribution in [0.1, 0.15) is 22.8 Å². The summed E-state index contributed by atoms with van der Waals surface area (Å²) in [7, 11) is 0. The number of pyridine rings is 1. The number of halogens is 1. The smallest absolute Gasteiger partial charge is 0.162 e. The van der Waals surface area contributed by atoms with E-state index in [1.54, 1.807) is 18.5 Å². The number of benzene rings is 1. The van der Waals surface area contributed by atoms with Gasteiger partial charge in [-0.15, -0.1) is 0 Å². The van der Waals surface area contributed by atoms with Crippen molar-refractivity contribution in [2.45, 2.75) is 13.8 Å². The standard InChI is InChI=1S/C14H12FNO/c1-9-5-6-16-8-13(9)11-3-4-12(10(2)17)14(15)7-11/h3-8H,1-2H3. The van der Waals surface area contributed by atoms with Crippen LogP contribution in [-0.4, -0.2) is 10.8 Å². The fourth-order valence-electron chi connectivity index (χ4n) is 1.73. The molecule has 0 aliphatic heterocycles. The molecule has 0 fully saturated rings. The molecule has 2 aromatic rings. The van der Waals surface area contributed by atoms with Gasteiger partial charge in [-0.05, 0) is 43.2 Å². The van der Waals surface area contributed by atoms with Crippen molar-refractivity contribution in [3.63, 3.8) is 0 Å². The molecule has 0 aliphatic rings. The average molecular weight is 229 g/mol. The molecule has 17 heavy (non-hydrogen) atoms. The van der Waals surface area contributed by atoms with E-state index in [1.807, 2.05) is 13.0 Å². The number of carbonyl (C=O) groups is 1. The van der Waals surface area contributed by atoms with Crippen LogP contribution in [0, 0.1) is 12.7 Å². The Morgan fingerprint density at radius 3 is 2.65 bits per heavy atom. The van der Waals surface area contributed by atoms with Crippen LogP contribution >= 0.6 is 0 Å². The number of Topliss-reactive ketones (excluding diaryl/α,β-unsaturated/α-hetero) is 1. The van der Waals surface area contributed by atoms with Crippen LogP contribution in [0.5, 0.6) is 0 Å². The molecule has 1 heterocycles. The lowest BCUT2D eigenvalue weighted by Gasteiger charge is -2.06. The molecule has 1 aromatic carbocycles. The van der Waals surface area contributed by atoms with Gasteiger partial charge in [0.15, 0.2) is 5.78 Å². The zero-order valence-electron chi connectivity index (χ0n) is 9.70. The number of carbonyl (C=O) groups excluding carboxylic acids is 1. The molecule has 0 N–H and O–H groups in total. The normalized spacial score (nSPS) is 10.3. The highest BCUT2D eigenvalue weighted by atomic mass is 19.1. The summed E-state index contributed by atoms with van der Waals surface area (Å²) in [5.41, 5.74) is 2.75. The summed E-state index contributed by atoms with van der Waals surface area (Å²) in [5.74, 6) is -0.754. The zero-order valence-corrected chi connectivity index (χ0v) is 9.70. The second kappa shape index (κ2) is 4.45. The van der Waals surface area contributed by atoms with Crippen LogP contribution < -0.4 is 0 Å². The number of hydrogen-bond donors (Lipinski definition) is 0. The number of hydrogen-bond acceptors (Lipinski definition) is 2. The van der Waals surface area contributed by atoms with E-state index in [4.69, 9.17) is 0 Å². The molecular formula is C14H12FNO. The van der Waals surface area contributed by atoms with E-state index in [1.165, 1.54) is 19.1 Å². The van der Waals surface area contributed by atoms with E-state index in [-0.39, 0.29) is 11.3 Å². The second-order valence-corrected chi connectivity index (χ2v) is 3.94. The van der Waals surface area contributed by atoms with Crippen molar-refractivity contribution in [3.05, 3.63) is 53.6 Å². The minimum atomic E-state index is -0.488. The molecule has 0 amide bonds. The van der Waals surface area contributed by atoms with Gasteiger partial charge < -0.3 is 0 Å². The minimum Gasteiger partial charge on any atom is -0.294 e. The Kier molecular flexibility index (Phi) is 3.00.